The average Bonchev–Trinajstić information content (AvgIpc) is 1.62. The van der Waals surface area contributed by atoms with Gasteiger partial charge in [0.25, 0.3) is 0 Å². The van der Waals surface area contributed by atoms with Crippen molar-refractivity contribution in [2.24, 2.45) is 0 Å². The Morgan fingerprint density at radius 1 is 1.11 bits per heavy atom. The van der Waals surface area contributed by atoms with Gasteiger partial charge in [-0.15, -0.1) is 0 Å². The van der Waals surface area contributed by atoms with E-state index in [0.717, 1.165) is 0 Å². The molecule has 9 heavy (non-hydrogen) atoms. The Bertz CT molecular complexity index is 83.4. The van der Waals surface area contributed by atoms with Crippen LogP contribution in [0.5, 0.6) is 0 Å². The van der Waals surface area contributed by atoms with Gasteiger partial charge in [0.15, 0.2) is 0 Å². The highest BCUT2D eigenvalue weighted by atomic mass is 19.4. The van der Waals surface area contributed by atoms with Crippen LogP contribution in [-0.2, 0) is 0 Å². The van der Waals surface area contributed by atoms with Crippen LogP contribution in [0.15, 0.2) is 0 Å². The first-order chi connectivity index (χ1) is 3.85. The van der Waals surface area contributed by atoms with Crippen LogP contribution >= 0.6 is 0 Å². The van der Waals surface area contributed by atoms with Crippen LogP contribution in [0, 0.1) is 0 Å². The summed E-state index contributed by atoms with van der Waals surface area (Å²) < 4.78 is 56.3. The average molecular weight is 148 g/mol. The molecule has 0 aromatic heterocycles. The number of hydrogen-bond donors (Lipinski definition) is 0. The number of alkyl halides is 5. The molecule has 0 aromatic rings. The molecule has 0 spiro atoms. The minimum Gasteiger partial charge on any atom is -0.244 e. The molecule has 0 aliphatic rings. The van der Waals surface area contributed by atoms with E-state index in [-0.39, 0.29) is 0 Å². The fraction of sp³-hybridized carbons (Fsp3) is 1.00. The molecule has 0 N–H and O–H groups in total. The van der Waals surface area contributed by atoms with Gasteiger partial charge in [-0.25, -0.2) is 8.78 Å². The molecule has 5 heteroatoms. The summed E-state index contributed by atoms with van der Waals surface area (Å²) in [6.45, 7) is 0.526. The number of hydrogen-bond acceptors (Lipinski definition) is 0. The molecule has 0 amide bonds. The molecular weight excluding hydrogens is 143 g/mol. The Kier molecular flexibility index (Phi) is 2.40. The number of rotatable bonds is 1. The van der Waals surface area contributed by atoms with Gasteiger partial charge < -0.3 is 0 Å². The minimum atomic E-state index is -5.06. The van der Waals surface area contributed by atoms with Gasteiger partial charge in [-0.2, -0.15) is 13.2 Å². The van der Waals surface area contributed by atoms with Crippen LogP contribution in [-0.4, -0.2) is 18.5 Å². The largest absolute Gasteiger partial charge is 0.422 e. The lowest BCUT2D eigenvalue weighted by Crippen LogP contribution is -2.31. The zero-order valence-corrected chi connectivity index (χ0v) is 4.54. The lowest BCUT2D eigenvalue weighted by molar-refractivity contribution is -0.194. The highest BCUT2D eigenvalue weighted by molar-refractivity contribution is 4.70. The SMILES string of the molecule is C[C@H](F)C(F)C(F)(F)F. The smallest absolute Gasteiger partial charge is 0.244 e. The molecule has 0 nitrogen and oxygen atoms in total. The molecule has 0 aliphatic heterocycles. The lowest BCUT2D eigenvalue weighted by Gasteiger charge is -2.11. The van der Waals surface area contributed by atoms with Gasteiger partial charge >= 0.3 is 6.18 Å². The maximum Gasteiger partial charge on any atom is 0.422 e. The molecule has 0 saturated heterocycles. The van der Waals surface area contributed by atoms with Crippen molar-refractivity contribution >= 4 is 0 Å². The summed E-state index contributed by atoms with van der Waals surface area (Å²) in [5.41, 5.74) is 0. The van der Waals surface area contributed by atoms with Crippen molar-refractivity contribution in [1.29, 1.82) is 0 Å². The highest BCUT2D eigenvalue weighted by Crippen LogP contribution is 2.26. The Hall–Kier alpha value is -0.350. The van der Waals surface area contributed by atoms with E-state index >= 15 is 0 Å². The van der Waals surface area contributed by atoms with Crippen molar-refractivity contribution in [1.82, 2.24) is 0 Å². The Morgan fingerprint density at radius 3 is 1.44 bits per heavy atom. The van der Waals surface area contributed by atoms with Crippen LogP contribution in [0.4, 0.5) is 22.0 Å². The van der Waals surface area contributed by atoms with Gasteiger partial charge in [0.1, 0.15) is 6.17 Å². The minimum absolute atomic E-state index is 0.526. The van der Waals surface area contributed by atoms with E-state index in [2.05, 4.69) is 0 Å². The second-order valence-electron chi connectivity index (χ2n) is 1.62. The second-order valence-corrected chi connectivity index (χ2v) is 1.62. The first kappa shape index (κ1) is 8.65. The van der Waals surface area contributed by atoms with E-state index in [1.165, 1.54) is 0 Å². The zero-order chi connectivity index (χ0) is 7.65. The molecule has 56 valence electrons. The van der Waals surface area contributed by atoms with Gasteiger partial charge in [-0.1, -0.05) is 0 Å². The van der Waals surface area contributed by atoms with Gasteiger partial charge in [-0.05, 0) is 6.92 Å². The molecule has 0 radical (unpaired) electrons. The third-order valence-corrected chi connectivity index (χ3v) is 0.716. The molecule has 0 fully saturated rings. The van der Waals surface area contributed by atoms with Crippen LogP contribution in [0.1, 0.15) is 6.92 Å². The molecule has 1 unspecified atom stereocenters. The summed E-state index contributed by atoms with van der Waals surface area (Å²) in [4.78, 5) is 0. The maximum atomic E-state index is 11.5. The van der Waals surface area contributed by atoms with Crippen molar-refractivity contribution in [3.05, 3.63) is 0 Å². The van der Waals surface area contributed by atoms with E-state index in [4.69, 9.17) is 0 Å². The molecule has 2 atom stereocenters. The summed E-state index contributed by atoms with van der Waals surface area (Å²) >= 11 is 0. The highest BCUT2D eigenvalue weighted by Gasteiger charge is 2.43. The van der Waals surface area contributed by atoms with Crippen molar-refractivity contribution in [2.75, 3.05) is 0 Å². The Labute approximate surface area is 48.7 Å². The standard InChI is InChI=1S/C4H5F5/c1-2(5)3(6)4(7,8)9/h2-3H,1H3/t2-,3?/m0/s1. The van der Waals surface area contributed by atoms with Crippen LogP contribution < -0.4 is 0 Å². The topological polar surface area (TPSA) is 0 Å². The third kappa shape index (κ3) is 2.62. The van der Waals surface area contributed by atoms with E-state index in [0.29, 0.717) is 6.92 Å². The monoisotopic (exact) mass is 148 g/mol. The van der Waals surface area contributed by atoms with E-state index in [9.17, 15) is 22.0 Å². The Balaban J connectivity index is 3.88. The number of halogens is 5. The quantitative estimate of drug-likeness (QED) is 0.500. The zero-order valence-electron chi connectivity index (χ0n) is 4.54. The second kappa shape index (κ2) is 2.49. The molecule has 0 bridgehead atoms. The molecular formula is C4H5F5. The Morgan fingerprint density at radius 2 is 1.44 bits per heavy atom. The molecule has 0 heterocycles. The lowest BCUT2D eigenvalue weighted by atomic mass is 10.3. The van der Waals surface area contributed by atoms with Crippen molar-refractivity contribution < 1.29 is 22.0 Å². The van der Waals surface area contributed by atoms with Gasteiger partial charge in [-0.3, -0.25) is 0 Å². The van der Waals surface area contributed by atoms with Crippen molar-refractivity contribution in [3.63, 3.8) is 0 Å². The third-order valence-electron chi connectivity index (χ3n) is 0.716. The van der Waals surface area contributed by atoms with E-state index in [1.807, 2.05) is 0 Å². The van der Waals surface area contributed by atoms with Crippen LogP contribution in [0.25, 0.3) is 0 Å². The first-order valence-electron chi connectivity index (χ1n) is 2.20. The fourth-order valence-corrected chi connectivity index (χ4v) is 0.260. The van der Waals surface area contributed by atoms with Crippen LogP contribution in [0.2, 0.25) is 0 Å². The molecule has 0 aliphatic carbocycles. The van der Waals surface area contributed by atoms with Crippen LogP contribution in [0.3, 0.4) is 0 Å². The normalized spacial score (nSPS) is 19.3. The summed E-state index contributed by atoms with van der Waals surface area (Å²) in [6.07, 6.45) is -10.9. The predicted molar refractivity (Wildman–Crippen MR) is 21.5 cm³/mol. The van der Waals surface area contributed by atoms with Gasteiger partial charge in [0, 0.05) is 0 Å². The van der Waals surface area contributed by atoms with Gasteiger partial charge in [0.05, 0.1) is 0 Å². The van der Waals surface area contributed by atoms with E-state index in [1.54, 1.807) is 0 Å². The summed E-state index contributed by atoms with van der Waals surface area (Å²) in [7, 11) is 0. The summed E-state index contributed by atoms with van der Waals surface area (Å²) in [5.74, 6) is 0. The summed E-state index contributed by atoms with van der Waals surface area (Å²) in [6, 6.07) is 0. The molecule has 0 rings (SSSR count). The molecule has 0 aromatic carbocycles. The maximum absolute atomic E-state index is 11.5. The van der Waals surface area contributed by atoms with Gasteiger partial charge in [0.2, 0.25) is 6.17 Å². The fourth-order valence-electron chi connectivity index (χ4n) is 0.260. The van der Waals surface area contributed by atoms with Crippen molar-refractivity contribution in [3.8, 4) is 0 Å². The summed E-state index contributed by atoms with van der Waals surface area (Å²) in [5, 5.41) is 0. The predicted octanol–water partition coefficient (Wildman–Crippen LogP) is 2.24. The van der Waals surface area contributed by atoms with Crippen molar-refractivity contribution in [2.45, 2.75) is 25.4 Å². The first-order valence-corrected chi connectivity index (χ1v) is 2.20. The molecule has 0 saturated carbocycles. The van der Waals surface area contributed by atoms with E-state index < -0.39 is 18.5 Å².